The second-order valence-electron chi connectivity index (χ2n) is 5.10. The first-order valence-electron chi connectivity index (χ1n) is 7.24. The van der Waals surface area contributed by atoms with Gasteiger partial charge >= 0.3 is 0 Å². The highest BCUT2D eigenvalue weighted by molar-refractivity contribution is 6.31. The van der Waals surface area contributed by atoms with Crippen LogP contribution in [0, 0.1) is 6.92 Å². The van der Waals surface area contributed by atoms with E-state index in [-0.39, 0.29) is 6.04 Å². The maximum atomic E-state index is 6.14. The first-order chi connectivity index (χ1) is 9.65. The van der Waals surface area contributed by atoms with Gasteiger partial charge in [0.25, 0.3) is 0 Å². The molecule has 2 aromatic carbocycles. The van der Waals surface area contributed by atoms with Gasteiger partial charge in [0.2, 0.25) is 0 Å². The normalized spacial score (nSPS) is 12.4. The maximum absolute atomic E-state index is 6.14. The van der Waals surface area contributed by atoms with Crippen LogP contribution < -0.4 is 5.32 Å². The van der Waals surface area contributed by atoms with Gasteiger partial charge < -0.3 is 5.32 Å². The number of benzene rings is 2. The lowest BCUT2D eigenvalue weighted by atomic mass is 9.95. The Morgan fingerprint density at radius 1 is 1.05 bits per heavy atom. The van der Waals surface area contributed by atoms with Gasteiger partial charge in [0, 0.05) is 5.02 Å². The summed E-state index contributed by atoms with van der Waals surface area (Å²) < 4.78 is 0. The van der Waals surface area contributed by atoms with Crippen molar-refractivity contribution in [1.29, 1.82) is 0 Å². The fraction of sp³-hybridized carbons (Fsp3) is 0.333. The van der Waals surface area contributed by atoms with Crippen molar-refractivity contribution in [2.45, 2.75) is 33.2 Å². The molecule has 1 N–H and O–H groups in total. The van der Waals surface area contributed by atoms with E-state index in [1.54, 1.807) is 0 Å². The van der Waals surface area contributed by atoms with Crippen molar-refractivity contribution in [2.75, 3.05) is 6.54 Å². The van der Waals surface area contributed by atoms with Crippen LogP contribution >= 0.6 is 11.6 Å². The molecule has 1 nitrogen and oxygen atoms in total. The van der Waals surface area contributed by atoms with E-state index in [0.717, 1.165) is 23.6 Å². The lowest BCUT2D eigenvalue weighted by molar-refractivity contribution is 0.629. The van der Waals surface area contributed by atoms with Crippen molar-refractivity contribution in [1.82, 2.24) is 5.32 Å². The van der Waals surface area contributed by atoms with Crippen LogP contribution in [0.5, 0.6) is 0 Å². The van der Waals surface area contributed by atoms with Gasteiger partial charge in [-0.3, -0.25) is 0 Å². The van der Waals surface area contributed by atoms with E-state index in [2.05, 4.69) is 62.5 Å². The van der Waals surface area contributed by atoms with Gasteiger partial charge in [0.1, 0.15) is 0 Å². The molecule has 0 aliphatic rings. The number of aryl methyl sites for hydroxylation is 2. The molecule has 2 aromatic rings. The largest absolute Gasteiger partial charge is 0.307 e. The van der Waals surface area contributed by atoms with Gasteiger partial charge in [-0.1, -0.05) is 61.8 Å². The maximum Gasteiger partial charge on any atom is 0.0576 e. The van der Waals surface area contributed by atoms with Crippen molar-refractivity contribution in [3.63, 3.8) is 0 Å². The van der Waals surface area contributed by atoms with Crippen LogP contribution in [-0.2, 0) is 6.42 Å². The van der Waals surface area contributed by atoms with Gasteiger partial charge in [0.05, 0.1) is 6.04 Å². The van der Waals surface area contributed by atoms with Gasteiger partial charge in [-0.05, 0) is 48.2 Å². The predicted molar refractivity (Wildman–Crippen MR) is 87.5 cm³/mol. The topological polar surface area (TPSA) is 12.0 Å². The second-order valence-corrected chi connectivity index (χ2v) is 5.51. The number of halogens is 1. The first-order valence-corrected chi connectivity index (χ1v) is 7.61. The molecule has 0 aliphatic heterocycles. The lowest BCUT2D eigenvalue weighted by Crippen LogP contribution is -2.22. The average molecular weight is 288 g/mol. The van der Waals surface area contributed by atoms with E-state index < -0.39 is 0 Å². The van der Waals surface area contributed by atoms with Crippen molar-refractivity contribution < 1.29 is 0 Å². The zero-order valence-electron chi connectivity index (χ0n) is 12.4. The van der Waals surface area contributed by atoms with E-state index >= 15 is 0 Å². The van der Waals surface area contributed by atoms with Crippen LogP contribution in [0.1, 0.15) is 42.1 Å². The molecule has 0 heterocycles. The van der Waals surface area contributed by atoms with Crippen LogP contribution in [0.15, 0.2) is 42.5 Å². The standard InChI is InChI=1S/C18H22ClN/c1-4-14-7-6-8-15(12-14)18(20-5-2)16-9-10-17(19)13(3)11-16/h6-12,18,20H,4-5H2,1-3H3. The smallest absolute Gasteiger partial charge is 0.0576 e. The summed E-state index contributed by atoms with van der Waals surface area (Å²) in [6.07, 6.45) is 1.06. The fourth-order valence-electron chi connectivity index (χ4n) is 2.47. The van der Waals surface area contributed by atoms with Crippen molar-refractivity contribution in [3.8, 4) is 0 Å². The molecule has 106 valence electrons. The Labute approximate surface area is 127 Å². The summed E-state index contributed by atoms with van der Waals surface area (Å²) >= 11 is 6.14. The van der Waals surface area contributed by atoms with Crippen LogP contribution in [0.3, 0.4) is 0 Å². The third-order valence-electron chi connectivity index (χ3n) is 3.62. The van der Waals surface area contributed by atoms with E-state index in [4.69, 9.17) is 11.6 Å². The highest BCUT2D eigenvalue weighted by Gasteiger charge is 2.14. The van der Waals surface area contributed by atoms with Crippen LogP contribution in [0.4, 0.5) is 0 Å². The highest BCUT2D eigenvalue weighted by Crippen LogP contribution is 2.26. The average Bonchev–Trinajstić information content (AvgIpc) is 2.48. The van der Waals surface area contributed by atoms with E-state index in [0.29, 0.717) is 0 Å². The molecule has 20 heavy (non-hydrogen) atoms. The van der Waals surface area contributed by atoms with Gasteiger partial charge in [0.15, 0.2) is 0 Å². The Bertz CT molecular complexity index is 577. The number of nitrogens with one attached hydrogen (secondary N) is 1. The van der Waals surface area contributed by atoms with Gasteiger partial charge in [-0.25, -0.2) is 0 Å². The quantitative estimate of drug-likeness (QED) is 0.824. The molecule has 0 amide bonds. The zero-order valence-corrected chi connectivity index (χ0v) is 13.2. The fourth-order valence-corrected chi connectivity index (χ4v) is 2.59. The predicted octanol–water partition coefficient (Wildman–Crippen LogP) is 4.91. The van der Waals surface area contributed by atoms with Gasteiger partial charge in [-0.2, -0.15) is 0 Å². The van der Waals surface area contributed by atoms with Crippen molar-refractivity contribution in [2.24, 2.45) is 0 Å². The van der Waals surface area contributed by atoms with Crippen molar-refractivity contribution in [3.05, 3.63) is 69.7 Å². The van der Waals surface area contributed by atoms with Crippen LogP contribution in [0.25, 0.3) is 0 Å². The molecule has 0 radical (unpaired) electrons. The van der Waals surface area contributed by atoms with E-state index in [9.17, 15) is 0 Å². The number of rotatable bonds is 5. The van der Waals surface area contributed by atoms with E-state index in [1.807, 2.05) is 6.07 Å². The SMILES string of the molecule is CCNC(c1cccc(CC)c1)c1ccc(Cl)c(C)c1. The summed E-state index contributed by atoms with van der Waals surface area (Å²) in [6.45, 7) is 7.31. The van der Waals surface area contributed by atoms with E-state index in [1.165, 1.54) is 16.7 Å². The Hall–Kier alpha value is -1.31. The molecule has 0 bridgehead atoms. The molecule has 2 heteroatoms. The molecular formula is C18H22ClN. The molecule has 0 aromatic heterocycles. The third-order valence-corrected chi connectivity index (χ3v) is 4.04. The second kappa shape index (κ2) is 6.92. The Morgan fingerprint density at radius 2 is 1.80 bits per heavy atom. The Morgan fingerprint density at radius 3 is 2.45 bits per heavy atom. The number of hydrogen-bond donors (Lipinski definition) is 1. The van der Waals surface area contributed by atoms with Crippen LogP contribution in [-0.4, -0.2) is 6.54 Å². The summed E-state index contributed by atoms with van der Waals surface area (Å²) in [5.74, 6) is 0. The lowest BCUT2D eigenvalue weighted by Gasteiger charge is -2.20. The third kappa shape index (κ3) is 3.41. The molecule has 0 saturated carbocycles. The molecule has 2 rings (SSSR count). The Kier molecular flexibility index (Phi) is 5.22. The molecule has 0 spiro atoms. The summed E-state index contributed by atoms with van der Waals surface area (Å²) in [5.41, 5.74) is 5.07. The zero-order chi connectivity index (χ0) is 14.5. The Balaban J connectivity index is 2.41. The highest BCUT2D eigenvalue weighted by atomic mass is 35.5. The minimum Gasteiger partial charge on any atom is -0.307 e. The summed E-state index contributed by atoms with van der Waals surface area (Å²) in [4.78, 5) is 0. The molecule has 1 atom stereocenters. The minimum absolute atomic E-state index is 0.225. The molecule has 0 fully saturated rings. The summed E-state index contributed by atoms with van der Waals surface area (Å²) in [6, 6.07) is 15.3. The van der Waals surface area contributed by atoms with Gasteiger partial charge in [-0.15, -0.1) is 0 Å². The first kappa shape index (κ1) is 15.1. The molecular weight excluding hydrogens is 266 g/mol. The molecule has 1 unspecified atom stereocenters. The van der Waals surface area contributed by atoms with Crippen molar-refractivity contribution >= 4 is 11.6 Å². The number of hydrogen-bond acceptors (Lipinski definition) is 1. The summed E-state index contributed by atoms with van der Waals surface area (Å²) in [7, 11) is 0. The molecule has 0 saturated heterocycles. The minimum atomic E-state index is 0.225. The van der Waals surface area contributed by atoms with Crippen LogP contribution in [0.2, 0.25) is 5.02 Å². The summed E-state index contributed by atoms with van der Waals surface area (Å²) in [5, 5.41) is 4.40. The monoisotopic (exact) mass is 287 g/mol. The molecule has 0 aliphatic carbocycles.